The Hall–Kier alpha value is -3.61. The molecular formula is C17H10F5N5O2S. The first-order valence-corrected chi connectivity index (χ1v) is 8.44. The maximum absolute atomic E-state index is 13.8. The van der Waals surface area contributed by atoms with Crippen LogP contribution >= 0.6 is 12.2 Å². The average molecular weight is 443 g/mol. The quantitative estimate of drug-likeness (QED) is 0.152. The SMILES string of the molecule is O=[N+]([O-])c1cccc(NC(=S)Nc2ccn(Cc3c(F)c(F)c(F)c(F)c3F)n2)c1. The fraction of sp³-hybridized carbons (Fsp3) is 0.0588. The largest absolute Gasteiger partial charge is 0.332 e. The number of non-ortho nitro benzene ring substituents is 1. The summed E-state index contributed by atoms with van der Waals surface area (Å²) in [5, 5.41) is 20.0. The first kappa shape index (κ1) is 21.1. The number of nitrogens with one attached hydrogen (secondary N) is 2. The number of halogens is 5. The number of aromatic nitrogens is 2. The van der Waals surface area contributed by atoms with Gasteiger partial charge in [-0.05, 0) is 18.3 Å². The van der Waals surface area contributed by atoms with Crippen LogP contribution in [0.2, 0.25) is 0 Å². The number of nitro benzene ring substituents is 1. The van der Waals surface area contributed by atoms with Crippen molar-refractivity contribution in [3.05, 3.63) is 81.3 Å². The molecule has 0 atom stereocenters. The number of thiocarbonyl (C=S) groups is 1. The Balaban J connectivity index is 1.71. The van der Waals surface area contributed by atoms with Crippen molar-refractivity contribution < 1.29 is 26.9 Å². The van der Waals surface area contributed by atoms with Crippen LogP contribution in [-0.2, 0) is 6.54 Å². The van der Waals surface area contributed by atoms with E-state index in [0.717, 1.165) is 4.68 Å². The molecule has 0 saturated carbocycles. The van der Waals surface area contributed by atoms with Crippen LogP contribution in [0, 0.1) is 39.2 Å². The van der Waals surface area contributed by atoms with Gasteiger partial charge in [-0.25, -0.2) is 22.0 Å². The standard InChI is InChI=1S/C17H10F5N5O2S/c18-12-10(13(19)15(21)16(22)14(12)20)7-26-5-4-11(25-26)24-17(30)23-8-2-1-3-9(6-8)27(28)29/h1-6H,7H2,(H2,23,24,25,30). The highest BCUT2D eigenvalue weighted by molar-refractivity contribution is 7.80. The molecule has 0 radical (unpaired) electrons. The lowest BCUT2D eigenvalue weighted by Crippen LogP contribution is -2.19. The highest BCUT2D eigenvalue weighted by Crippen LogP contribution is 2.24. The molecule has 0 saturated heterocycles. The van der Waals surface area contributed by atoms with Crippen molar-refractivity contribution in [2.24, 2.45) is 0 Å². The minimum atomic E-state index is -2.24. The van der Waals surface area contributed by atoms with Gasteiger partial charge in [0.05, 0.1) is 17.0 Å². The van der Waals surface area contributed by atoms with E-state index in [1.165, 1.54) is 36.5 Å². The monoisotopic (exact) mass is 443 g/mol. The number of anilines is 2. The maximum atomic E-state index is 13.8. The van der Waals surface area contributed by atoms with E-state index in [4.69, 9.17) is 12.2 Å². The van der Waals surface area contributed by atoms with Crippen molar-refractivity contribution in [1.82, 2.24) is 9.78 Å². The summed E-state index contributed by atoms with van der Waals surface area (Å²) >= 11 is 5.05. The zero-order valence-corrected chi connectivity index (χ0v) is 15.4. The lowest BCUT2D eigenvalue weighted by molar-refractivity contribution is -0.384. The second-order valence-corrected chi connectivity index (χ2v) is 6.24. The second-order valence-electron chi connectivity index (χ2n) is 5.83. The zero-order chi connectivity index (χ0) is 22.0. The summed E-state index contributed by atoms with van der Waals surface area (Å²) in [5.41, 5.74) is -0.879. The Bertz CT molecular complexity index is 1120. The molecular weight excluding hydrogens is 433 g/mol. The van der Waals surface area contributed by atoms with E-state index in [9.17, 15) is 32.1 Å². The average Bonchev–Trinajstić information content (AvgIpc) is 3.15. The summed E-state index contributed by atoms with van der Waals surface area (Å²) in [6, 6.07) is 6.86. The van der Waals surface area contributed by atoms with Crippen LogP contribution in [0.25, 0.3) is 0 Å². The lowest BCUT2D eigenvalue weighted by atomic mass is 10.1. The van der Waals surface area contributed by atoms with E-state index in [1.807, 2.05) is 0 Å². The molecule has 0 bridgehead atoms. The minimum absolute atomic E-state index is 0.00280. The van der Waals surface area contributed by atoms with Gasteiger partial charge in [0.2, 0.25) is 5.82 Å². The molecule has 30 heavy (non-hydrogen) atoms. The summed E-state index contributed by atoms with van der Waals surface area (Å²) in [7, 11) is 0. The van der Waals surface area contributed by atoms with Crippen LogP contribution in [0.3, 0.4) is 0 Å². The molecule has 2 N–H and O–H groups in total. The fourth-order valence-electron chi connectivity index (χ4n) is 2.44. The smallest absolute Gasteiger partial charge is 0.271 e. The molecule has 1 aromatic heterocycles. The Labute approximate surface area is 170 Å². The van der Waals surface area contributed by atoms with E-state index in [-0.39, 0.29) is 16.6 Å². The number of nitrogens with zero attached hydrogens (tertiary/aromatic N) is 3. The van der Waals surface area contributed by atoms with Crippen LogP contribution in [-0.4, -0.2) is 19.8 Å². The van der Waals surface area contributed by atoms with Gasteiger partial charge in [-0.1, -0.05) is 6.07 Å². The van der Waals surface area contributed by atoms with Crippen molar-refractivity contribution in [2.75, 3.05) is 10.6 Å². The number of nitro groups is 1. The molecule has 1 heterocycles. The van der Waals surface area contributed by atoms with Crippen molar-refractivity contribution in [2.45, 2.75) is 6.54 Å². The third kappa shape index (κ3) is 4.35. The predicted molar refractivity (Wildman–Crippen MR) is 101 cm³/mol. The molecule has 0 spiro atoms. The van der Waals surface area contributed by atoms with Crippen molar-refractivity contribution in [3.63, 3.8) is 0 Å². The molecule has 0 aliphatic heterocycles. The Kier molecular flexibility index (Phi) is 5.91. The van der Waals surface area contributed by atoms with Gasteiger partial charge >= 0.3 is 0 Å². The van der Waals surface area contributed by atoms with Crippen molar-refractivity contribution >= 4 is 34.5 Å². The zero-order valence-electron chi connectivity index (χ0n) is 14.6. The lowest BCUT2D eigenvalue weighted by Gasteiger charge is -2.09. The normalized spacial score (nSPS) is 10.7. The number of rotatable bonds is 5. The summed E-state index contributed by atoms with van der Waals surface area (Å²) < 4.78 is 68.2. The number of hydrogen-bond acceptors (Lipinski definition) is 4. The van der Waals surface area contributed by atoms with Gasteiger partial charge in [-0.3, -0.25) is 14.8 Å². The van der Waals surface area contributed by atoms with Crippen LogP contribution in [0.4, 0.5) is 39.1 Å². The molecule has 3 rings (SSSR count). The summed E-state index contributed by atoms with van der Waals surface area (Å²) in [5.74, 6) is -10.1. The van der Waals surface area contributed by atoms with Gasteiger partial charge in [0.15, 0.2) is 34.2 Å². The van der Waals surface area contributed by atoms with E-state index in [1.54, 1.807) is 0 Å². The van der Waals surface area contributed by atoms with Crippen molar-refractivity contribution in [3.8, 4) is 0 Å². The Morgan fingerprint density at radius 1 is 1.03 bits per heavy atom. The van der Waals surface area contributed by atoms with Crippen LogP contribution in [0.1, 0.15) is 5.56 Å². The Morgan fingerprint density at radius 2 is 1.67 bits per heavy atom. The second kappa shape index (κ2) is 8.41. The molecule has 156 valence electrons. The minimum Gasteiger partial charge on any atom is -0.332 e. The van der Waals surface area contributed by atoms with E-state index >= 15 is 0 Å². The van der Waals surface area contributed by atoms with E-state index < -0.39 is 46.1 Å². The number of benzene rings is 2. The topological polar surface area (TPSA) is 85.0 Å². The van der Waals surface area contributed by atoms with Gasteiger partial charge in [0.25, 0.3) is 5.69 Å². The molecule has 0 aliphatic rings. The molecule has 13 heteroatoms. The van der Waals surface area contributed by atoms with Gasteiger partial charge in [0.1, 0.15) is 0 Å². The molecule has 0 aliphatic carbocycles. The maximum Gasteiger partial charge on any atom is 0.271 e. The first-order chi connectivity index (χ1) is 14.2. The van der Waals surface area contributed by atoms with Crippen LogP contribution in [0.5, 0.6) is 0 Å². The van der Waals surface area contributed by atoms with Gasteiger partial charge < -0.3 is 10.6 Å². The van der Waals surface area contributed by atoms with E-state index in [2.05, 4.69) is 15.7 Å². The molecule has 3 aromatic rings. The summed E-state index contributed by atoms with van der Waals surface area (Å²) in [4.78, 5) is 10.2. The summed E-state index contributed by atoms with van der Waals surface area (Å²) in [6.07, 6.45) is 1.23. The molecule has 2 aromatic carbocycles. The highest BCUT2D eigenvalue weighted by atomic mass is 32.1. The van der Waals surface area contributed by atoms with Crippen LogP contribution in [0.15, 0.2) is 36.5 Å². The van der Waals surface area contributed by atoms with Crippen molar-refractivity contribution in [1.29, 1.82) is 0 Å². The first-order valence-electron chi connectivity index (χ1n) is 8.03. The van der Waals surface area contributed by atoms with Crippen LogP contribution < -0.4 is 10.6 Å². The molecule has 0 amide bonds. The summed E-state index contributed by atoms with van der Waals surface area (Å²) in [6.45, 7) is -0.724. The van der Waals surface area contributed by atoms with E-state index in [0.29, 0.717) is 5.69 Å². The third-order valence-electron chi connectivity index (χ3n) is 3.82. The fourth-order valence-corrected chi connectivity index (χ4v) is 2.67. The number of hydrogen-bond donors (Lipinski definition) is 2. The molecule has 0 fully saturated rings. The van der Waals surface area contributed by atoms with Gasteiger partial charge in [0, 0.05) is 30.1 Å². The molecule has 7 nitrogen and oxygen atoms in total. The third-order valence-corrected chi connectivity index (χ3v) is 4.02. The predicted octanol–water partition coefficient (Wildman–Crippen LogP) is 4.34. The Morgan fingerprint density at radius 3 is 2.30 bits per heavy atom. The highest BCUT2D eigenvalue weighted by Gasteiger charge is 2.25. The van der Waals surface area contributed by atoms with Gasteiger partial charge in [-0.15, -0.1) is 0 Å². The van der Waals surface area contributed by atoms with Gasteiger partial charge in [-0.2, -0.15) is 5.10 Å². The molecule has 0 unspecified atom stereocenters.